The molecule has 2 saturated heterocycles. The summed E-state index contributed by atoms with van der Waals surface area (Å²) in [6, 6.07) is 0. The van der Waals surface area contributed by atoms with Crippen LogP contribution in [-0.2, 0) is 0 Å². The number of rotatable bonds is 1. The SMILES string of the molecule is C=IS1(C)C2C[I-]CC21. The molecule has 2 unspecified atom stereocenters. The van der Waals surface area contributed by atoms with Gasteiger partial charge in [-0.15, -0.1) is 0 Å². The average Bonchev–Trinajstić information content (AvgIpc) is 2.39. The van der Waals surface area contributed by atoms with E-state index in [9.17, 15) is 0 Å². The molecule has 0 bridgehead atoms. The molecular formula is C6H11I2S-. The predicted molar refractivity (Wildman–Crippen MR) is 52.0 cm³/mol. The first-order chi connectivity index (χ1) is 4.29. The van der Waals surface area contributed by atoms with Crippen molar-refractivity contribution in [2.24, 2.45) is 0 Å². The average molecular weight is 369 g/mol. The fourth-order valence-corrected chi connectivity index (χ4v) is 23.4. The summed E-state index contributed by atoms with van der Waals surface area (Å²) < 4.78 is 7.50. The minimum absolute atomic E-state index is 0.0316. The molecule has 0 spiro atoms. The first-order valence-electron chi connectivity index (χ1n) is 2.99. The van der Waals surface area contributed by atoms with Gasteiger partial charge in [0, 0.05) is 0 Å². The summed E-state index contributed by atoms with van der Waals surface area (Å²) in [5, 5.41) is 2.52. The summed E-state index contributed by atoms with van der Waals surface area (Å²) in [6.07, 6.45) is 2.56. The van der Waals surface area contributed by atoms with Gasteiger partial charge >= 0.3 is 77.9 Å². The van der Waals surface area contributed by atoms with Gasteiger partial charge < -0.3 is 0 Å². The van der Waals surface area contributed by atoms with Gasteiger partial charge in [-0.1, -0.05) is 0 Å². The Labute approximate surface area is 76.9 Å². The molecule has 0 aliphatic carbocycles. The molecule has 3 heteroatoms. The molecule has 2 aliphatic rings. The normalized spacial score (nSPS) is 63.2. The molecule has 2 fully saturated rings. The predicted octanol–water partition coefficient (Wildman–Crippen LogP) is -1.41. The zero-order valence-electron chi connectivity index (χ0n) is 5.44. The first-order valence-corrected chi connectivity index (χ1v) is 12.3. The van der Waals surface area contributed by atoms with Gasteiger partial charge in [-0.05, 0) is 0 Å². The van der Waals surface area contributed by atoms with Crippen LogP contribution in [0.2, 0.25) is 0 Å². The zero-order valence-corrected chi connectivity index (χ0v) is 10.6. The molecule has 2 aliphatic heterocycles. The Morgan fingerprint density at radius 3 is 2.44 bits per heavy atom. The van der Waals surface area contributed by atoms with E-state index in [1.54, 1.807) is 8.86 Å². The van der Waals surface area contributed by atoms with E-state index in [0.717, 1.165) is 0 Å². The molecule has 2 heterocycles. The topological polar surface area (TPSA) is 0 Å². The van der Waals surface area contributed by atoms with Crippen LogP contribution >= 0.6 is 26.5 Å². The molecule has 56 valence electrons. The molecule has 0 aromatic carbocycles. The van der Waals surface area contributed by atoms with Crippen LogP contribution in [0.15, 0.2) is 0 Å². The van der Waals surface area contributed by atoms with Crippen molar-refractivity contribution >= 4 is 31.1 Å². The third-order valence-corrected chi connectivity index (χ3v) is 18.1. The molecule has 2 rings (SSSR count). The third-order valence-electron chi connectivity index (χ3n) is 2.28. The second-order valence-electron chi connectivity index (χ2n) is 2.62. The molecule has 0 radical (unpaired) electrons. The first kappa shape index (κ1) is 7.34. The second-order valence-corrected chi connectivity index (χ2v) is 16.3. The minimum atomic E-state index is 0.0316. The summed E-state index contributed by atoms with van der Waals surface area (Å²) in [7, 11) is 0.0316. The van der Waals surface area contributed by atoms with E-state index in [2.05, 4.69) is 10.8 Å². The van der Waals surface area contributed by atoms with Gasteiger partial charge in [0.1, 0.15) is 0 Å². The van der Waals surface area contributed by atoms with E-state index in [1.807, 2.05) is 0 Å². The third kappa shape index (κ3) is 0.937. The number of hydrogen-bond acceptors (Lipinski definition) is 0. The van der Waals surface area contributed by atoms with Crippen LogP contribution in [0.4, 0.5) is 0 Å². The van der Waals surface area contributed by atoms with Crippen LogP contribution in [0.1, 0.15) is 0 Å². The maximum atomic E-state index is 4.16. The fourth-order valence-electron chi connectivity index (χ4n) is 1.41. The van der Waals surface area contributed by atoms with Crippen LogP contribution in [-0.4, -0.2) is 30.1 Å². The van der Waals surface area contributed by atoms with Crippen LogP contribution in [0.3, 0.4) is 0 Å². The van der Waals surface area contributed by atoms with Crippen LogP contribution in [0.5, 0.6) is 0 Å². The van der Waals surface area contributed by atoms with Gasteiger partial charge in [0.25, 0.3) is 0 Å². The Morgan fingerprint density at radius 2 is 2.11 bits per heavy atom. The van der Waals surface area contributed by atoms with Crippen LogP contribution in [0.25, 0.3) is 0 Å². The molecule has 0 aromatic heterocycles. The van der Waals surface area contributed by atoms with Gasteiger partial charge in [-0.3, -0.25) is 0 Å². The van der Waals surface area contributed by atoms with Gasteiger partial charge in [0.05, 0.1) is 0 Å². The molecule has 0 saturated carbocycles. The van der Waals surface area contributed by atoms with Crippen molar-refractivity contribution in [3.63, 3.8) is 0 Å². The van der Waals surface area contributed by atoms with E-state index in [1.165, 1.54) is 10.5 Å². The number of halogens is 2. The molecule has 0 amide bonds. The Kier molecular flexibility index (Phi) is 1.90. The van der Waals surface area contributed by atoms with Crippen molar-refractivity contribution < 1.29 is 21.2 Å². The fraction of sp³-hybridized carbons (Fsp3) is 0.833. The molecule has 2 atom stereocenters. The zero-order chi connectivity index (χ0) is 6.48. The quantitative estimate of drug-likeness (QED) is 0.303. The monoisotopic (exact) mass is 369 g/mol. The van der Waals surface area contributed by atoms with Crippen molar-refractivity contribution in [2.45, 2.75) is 10.5 Å². The second kappa shape index (κ2) is 2.33. The van der Waals surface area contributed by atoms with E-state index < -0.39 is 0 Å². The van der Waals surface area contributed by atoms with E-state index in [-0.39, 0.29) is 7.20 Å². The molecular weight excluding hydrogens is 358 g/mol. The molecule has 0 nitrogen and oxygen atoms in total. The molecule has 0 N–H and O–H groups in total. The Morgan fingerprint density at radius 1 is 1.56 bits per heavy atom. The van der Waals surface area contributed by atoms with Crippen molar-refractivity contribution in [3.05, 3.63) is 0 Å². The standard InChI is InChI=1S/C6H11I2S/c1-7-9(2)5-3-8-4-6(5)9/h5-6H,1,3-4H2,2H3/q-1. The Hall–Kier alpha value is 1.68. The summed E-state index contributed by atoms with van der Waals surface area (Å²) >= 11 is 1.09. The van der Waals surface area contributed by atoms with E-state index in [4.69, 9.17) is 0 Å². The number of fused-ring (bicyclic) bond motifs is 1. The van der Waals surface area contributed by atoms with Crippen LogP contribution in [0, 0.1) is 0 Å². The maximum absolute atomic E-state index is 4.16. The summed E-state index contributed by atoms with van der Waals surface area (Å²) in [6.45, 7) is 0. The summed E-state index contributed by atoms with van der Waals surface area (Å²) in [4.78, 5) is 0. The number of hydrogen-bond donors (Lipinski definition) is 0. The van der Waals surface area contributed by atoms with Crippen molar-refractivity contribution in [2.75, 3.05) is 15.1 Å². The molecule has 9 heavy (non-hydrogen) atoms. The van der Waals surface area contributed by atoms with Gasteiger partial charge in [-0.2, -0.15) is 0 Å². The van der Waals surface area contributed by atoms with Crippen molar-refractivity contribution in [3.8, 4) is 0 Å². The van der Waals surface area contributed by atoms with Gasteiger partial charge in [-0.25, -0.2) is 0 Å². The summed E-state index contributed by atoms with van der Waals surface area (Å²) in [5.41, 5.74) is 0. The number of alkyl halides is 2. The van der Waals surface area contributed by atoms with Gasteiger partial charge in [0.2, 0.25) is 0 Å². The van der Waals surface area contributed by atoms with Crippen LogP contribution < -0.4 is 21.2 Å². The van der Waals surface area contributed by atoms with Gasteiger partial charge in [0.15, 0.2) is 0 Å². The Bertz CT molecular complexity index is 147. The molecule has 0 aromatic rings. The van der Waals surface area contributed by atoms with E-state index in [0.29, 0.717) is 40.6 Å². The van der Waals surface area contributed by atoms with E-state index >= 15 is 0 Å². The summed E-state index contributed by atoms with van der Waals surface area (Å²) in [5.74, 6) is 0. The van der Waals surface area contributed by atoms with Crippen molar-refractivity contribution in [1.29, 1.82) is 0 Å². The Balaban J connectivity index is 2.15. The van der Waals surface area contributed by atoms with Crippen molar-refractivity contribution in [1.82, 2.24) is 0 Å².